The molecular formula is C28H24Cl2FN5O4. The molecule has 4 aromatic rings. The number of amides is 2. The standard InChI is InChI=1S/C28H24Cl2FN5O4/c1-13(2)24-22(23-16-7-5-14(29)9-20(16)34-26(23)38)17(25(37)33-15-6-8-19(31)18(30)10-15)12-36(24)21-11-32-28(40-4)35-27(21)39-3/h5-13,23H,1-4H3,(H,33,37)(H,34,38). The summed E-state index contributed by atoms with van der Waals surface area (Å²) in [6, 6.07) is 9.11. The first kappa shape index (κ1) is 27.4. The molecule has 2 amide bonds. The Morgan fingerprint density at radius 3 is 2.60 bits per heavy atom. The molecular weight excluding hydrogens is 560 g/mol. The number of anilines is 2. The van der Waals surface area contributed by atoms with E-state index in [1.54, 1.807) is 29.0 Å². The Hall–Kier alpha value is -4.15. The molecule has 2 aromatic carbocycles. The van der Waals surface area contributed by atoms with Crippen molar-refractivity contribution < 1.29 is 23.5 Å². The zero-order chi connectivity index (χ0) is 28.7. The third kappa shape index (κ3) is 4.84. The van der Waals surface area contributed by atoms with Crippen LogP contribution >= 0.6 is 23.2 Å². The van der Waals surface area contributed by atoms with Crippen LogP contribution in [0.25, 0.3) is 5.69 Å². The zero-order valence-corrected chi connectivity index (χ0v) is 23.4. The maximum Gasteiger partial charge on any atom is 0.319 e. The van der Waals surface area contributed by atoms with Crippen LogP contribution in [0.2, 0.25) is 10.0 Å². The number of hydrogen-bond donors (Lipinski definition) is 2. The van der Waals surface area contributed by atoms with Crippen molar-refractivity contribution in [2.24, 2.45) is 0 Å². The number of nitrogens with one attached hydrogen (secondary N) is 2. The van der Waals surface area contributed by atoms with Crippen LogP contribution in [0, 0.1) is 5.82 Å². The van der Waals surface area contributed by atoms with Gasteiger partial charge in [0.1, 0.15) is 11.5 Å². The molecule has 206 valence electrons. The second-order valence-electron chi connectivity index (χ2n) is 9.35. The zero-order valence-electron chi connectivity index (χ0n) is 21.9. The maximum atomic E-state index is 13.8. The molecule has 2 N–H and O–H groups in total. The molecule has 3 heterocycles. The topological polar surface area (TPSA) is 107 Å². The van der Waals surface area contributed by atoms with E-state index in [0.29, 0.717) is 33.2 Å². The monoisotopic (exact) mass is 583 g/mol. The normalized spacial score (nSPS) is 14.2. The van der Waals surface area contributed by atoms with Gasteiger partial charge in [-0.05, 0) is 41.8 Å². The highest BCUT2D eigenvalue weighted by molar-refractivity contribution is 6.31. The number of hydrogen-bond acceptors (Lipinski definition) is 6. The van der Waals surface area contributed by atoms with Crippen molar-refractivity contribution in [3.8, 4) is 17.6 Å². The van der Waals surface area contributed by atoms with Crippen molar-refractivity contribution in [3.63, 3.8) is 0 Å². The van der Waals surface area contributed by atoms with E-state index >= 15 is 0 Å². The summed E-state index contributed by atoms with van der Waals surface area (Å²) >= 11 is 12.1. The quantitative estimate of drug-likeness (QED) is 0.268. The van der Waals surface area contributed by atoms with Gasteiger partial charge in [0.15, 0.2) is 0 Å². The predicted molar refractivity (Wildman–Crippen MR) is 150 cm³/mol. The highest BCUT2D eigenvalue weighted by Crippen LogP contribution is 2.44. The summed E-state index contributed by atoms with van der Waals surface area (Å²) < 4.78 is 26.2. The Kier molecular flexibility index (Phi) is 7.39. The number of methoxy groups -OCH3 is 2. The largest absolute Gasteiger partial charge is 0.479 e. The van der Waals surface area contributed by atoms with Gasteiger partial charge in [-0.25, -0.2) is 9.37 Å². The number of carbonyl (C=O) groups is 2. The van der Waals surface area contributed by atoms with Gasteiger partial charge in [0.05, 0.1) is 36.9 Å². The van der Waals surface area contributed by atoms with E-state index in [4.69, 9.17) is 32.7 Å². The lowest BCUT2D eigenvalue weighted by Gasteiger charge is -2.19. The molecule has 0 aliphatic carbocycles. The smallest absolute Gasteiger partial charge is 0.319 e. The van der Waals surface area contributed by atoms with Crippen LogP contribution in [-0.2, 0) is 4.79 Å². The summed E-state index contributed by atoms with van der Waals surface area (Å²) in [6.07, 6.45) is 3.13. The van der Waals surface area contributed by atoms with E-state index < -0.39 is 17.6 Å². The fourth-order valence-electron chi connectivity index (χ4n) is 4.86. The Balaban J connectivity index is 1.75. The van der Waals surface area contributed by atoms with Crippen molar-refractivity contribution in [1.29, 1.82) is 0 Å². The average molecular weight is 584 g/mol. The van der Waals surface area contributed by atoms with Crippen LogP contribution in [0.3, 0.4) is 0 Å². The number of ether oxygens (including phenoxy) is 2. The van der Waals surface area contributed by atoms with Crippen molar-refractivity contribution in [2.45, 2.75) is 25.7 Å². The Labute approximate surface area is 239 Å². The molecule has 0 bridgehead atoms. The molecule has 1 aliphatic heterocycles. The Bertz CT molecular complexity index is 1660. The Morgan fingerprint density at radius 2 is 1.93 bits per heavy atom. The number of benzene rings is 2. The second-order valence-corrected chi connectivity index (χ2v) is 10.2. The van der Waals surface area contributed by atoms with Gasteiger partial charge < -0.3 is 24.7 Å². The number of fused-ring (bicyclic) bond motifs is 1. The third-order valence-electron chi connectivity index (χ3n) is 6.54. The van der Waals surface area contributed by atoms with Crippen molar-refractivity contribution >= 4 is 46.4 Å². The first-order valence-electron chi connectivity index (χ1n) is 12.2. The van der Waals surface area contributed by atoms with Crippen LogP contribution in [0.15, 0.2) is 48.8 Å². The average Bonchev–Trinajstić information content (AvgIpc) is 3.46. The first-order valence-corrected chi connectivity index (χ1v) is 13.0. The van der Waals surface area contributed by atoms with E-state index in [0.717, 1.165) is 6.07 Å². The number of nitrogens with zero attached hydrogens (tertiary/aromatic N) is 3. The lowest BCUT2D eigenvalue weighted by molar-refractivity contribution is -0.116. The van der Waals surface area contributed by atoms with Crippen molar-refractivity contribution in [2.75, 3.05) is 24.9 Å². The van der Waals surface area contributed by atoms with Gasteiger partial charge in [-0.3, -0.25) is 9.59 Å². The molecule has 0 radical (unpaired) electrons. The molecule has 0 fully saturated rings. The molecule has 0 saturated carbocycles. The lowest BCUT2D eigenvalue weighted by Crippen LogP contribution is -2.20. The number of aromatic nitrogens is 3. The van der Waals surface area contributed by atoms with Crippen LogP contribution < -0.4 is 20.1 Å². The highest BCUT2D eigenvalue weighted by atomic mass is 35.5. The molecule has 12 heteroatoms. The predicted octanol–water partition coefficient (Wildman–Crippen LogP) is 6.19. The molecule has 0 saturated heterocycles. The van der Waals surface area contributed by atoms with Gasteiger partial charge in [-0.2, -0.15) is 4.98 Å². The van der Waals surface area contributed by atoms with Crippen molar-refractivity contribution in [3.05, 3.63) is 87.0 Å². The van der Waals surface area contributed by atoms with E-state index in [9.17, 15) is 14.0 Å². The summed E-state index contributed by atoms with van der Waals surface area (Å²) in [5.74, 6) is -2.24. The molecule has 5 rings (SSSR count). The summed E-state index contributed by atoms with van der Waals surface area (Å²) in [4.78, 5) is 35.8. The molecule has 1 unspecified atom stereocenters. The van der Waals surface area contributed by atoms with Gasteiger partial charge >= 0.3 is 6.01 Å². The SMILES string of the molecule is COc1ncc(-n2cc(C(=O)Nc3ccc(F)c(Cl)c3)c(C3C(=O)Nc4cc(Cl)ccc43)c2C(C)C)c(OC)n1. The summed E-state index contributed by atoms with van der Waals surface area (Å²) in [6.45, 7) is 3.90. The highest BCUT2D eigenvalue weighted by Gasteiger charge is 2.39. The Morgan fingerprint density at radius 1 is 1.15 bits per heavy atom. The lowest BCUT2D eigenvalue weighted by atomic mass is 9.87. The summed E-state index contributed by atoms with van der Waals surface area (Å²) in [5.41, 5.74) is 3.32. The van der Waals surface area contributed by atoms with Gasteiger partial charge in [0.2, 0.25) is 11.8 Å². The molecule has 2 aromatic heterocycles. The van der Waals surface area contributed by atoms with Crippen LogP contribution in [-0.4, -0.2) is 40.6 Å². The third-order valence-corrected chi connectivity index (χ3v) is 7.06. The van der Waals surface area contributed by atoms with Gasteiger partial charge in [-0.15, -0.1) is 0 Å². The van der Waals surface area contributed by atoms with Crippen LogP contribution in [0.5, 0.6) is 11.9 Å². The number of rotatable bonds is 7. The molecule has 0 spiro atoms. The minimum absolute atomic E-state index is 0.103. The minimum Gasteiger partial charge on any atom is -0.479 e. The summed E-state index contributed by atoms with van der Waals surface area (Å²) in [5, 5.41) is 5.98. The molecule has 9 nitrogen and oxygen atoms in total. The van der Waals surface area contributed by atoms with Gasteiger partial charge in [0.25, 0.3) is 5.91 Å². The van der Waals surface area contributed by atoms with E-state index in [1.165, 1.54) is 32.5 Å². The minimum atomic E-state index is -0.825. The fourth-order valence-corrected chi connectivity index (χ4v) is 5.21. The van der Waals surface area contributed by atoms with Crippen LogP contribution in [0.4, 0.5) is 15.8 Å². The van der Waals surface area contributed by atoms with Gasteiger partial charge in [0, 0.05) is 33.9 Å². The van der Waals surface area contributed by atoms with Crippen LogP contribution in [0.1, 0.15) is 52.9 Å². The first-order chi connectivity index (χ1) is 19.1. The van der Waals surface area contributed by atoms with E-state index in [2.05, 4.69) is 20.6 Å². The van der Waals surface area contributed by atoms with Gasteiger partial charge in [-0.1, -0.05) is 43.1 Å². The van der Waals surface area contributed by atoms with Crippen molar-refractivity contribution in [1.82, 2.24) is 14.5 Å². The molecule has 1 atom stereocenters. The van der Waals surface area contributed by atoms with E-state index in [-0.39, 0.29) is 40.0 Å². The number of halogens is 3. The fraction of sp³-hybridized carbons (Fsp3) is 0.214. The molecule has 1 aliphatic rings. The second kappa shape index (κ2) is 10.8. The van der Waals surface area contributed by atoms with E-state index in [1.807, 2.05) is 13.8 Å². The molecule has 40 heavy (non-hydrogen) atoms. The maximum absolute atomic E-state index is 13.8. The number of carbonyl (C=O) groups excluding carboxylic acids is 2. The summed E-state index contributed by atoms with van der Waals surface area (Å²) in [7, 11) is 2.90.